The molecule has 6 heteroatoms. The molecule has 1 aromatic rings. The second kappa shape index (κ2) is 6.59. The van der Waals surface area contributed by atoms with Gasteiger partial charge in [-0.15, -0.1) is 0 Å². The number of hydrogen-bond acceptors (Lipinski definition) is 4. The smallest absolute Gasteiger partial charge is 0.234 e. The largest absolute Gasteiger partial charge is 0.491 e. The van der Waals surface area contributed by atoms with Crippen LogP contribution in [0, 0.1) is 5.82 Å². The number of nitrogens with one attached hydrogen (secondary N) is 1. The highest BCUT2D eigenvalue weighted by Gasteiger charge is 2.05. The highest BCUT2D eigenvalue weighted by molar-refractivity contribution is 5.75. The molecule has 0 bridgehead atoms. The van der Waals surface area contributed by atoms with Crippen LogP contribution >= 0.6 is 0 Å². The van der Waals surface area contributed by atoms with E-state index in [9.17, 15) is 14.0 Å². The molecule has 0 aliphatic carbocycles. The first-order chi connectivity index (χ1) is 8.17. The molecule has 0 fully saturated rings. The Morgan fingerprint density at radius 3 is 2.88 bits per heavy atom. The second-order valence-corrected chi connectivity index (χ2v) is 3.33. The Balaban J connectivity index is 2.41. The summed E-state index contributed by atoms with van der Waals surface area (Å²) < 4.78 is 18.4. The Morgan fingerprint density at radius 1 is 1.53 bits per heavy atom. The topological polar surface area (TPSA) is 81.4 Å². The summed E-state index contributed by atoms with van der Waals surface area (Å²) in [5, 5.41) is 0. The van der Waals surface area contributed by atoms with Gasteiger partial charge in [-0.3, -0.25) is 15.0 Å². The lowest BCUT2D eigenvalue weighted by Crippen LogP contribution is -2.29. The summed E-state index contributed by atoms with van der Waals surface area (Å²) in [5.74, 6) is 4.05. The number of nitrogens with two attached hydrogens (primary N) is 1. The number of rotatable bonds is 6. The number of hydrazine groups is 1. The Bertz CT molecular complexity index is 410. The van der Waals surface area contributed by atoms with E-state index in [-0.39, 0.29) is 30.2 Å². The van der Waals surface area contributed by atoms with Crippen LogP contribution in [0.5, 0.6) is 5.75 Å². The number of aldehydes is 1. The van der Waals surface area contributed by atoms with Gasteiger partial charge in [0.2, 0.25) is 5.91 Å². The van der Waals surface area contributed by atoms with Crippen molar-refractivity contribution in [3.63, 3.8) is 0 Å². The highest BCUT2D eigenvalue weighted by atomic mass is 19.1. The summed E-state index contributed by atoms with van der Waals surface area (Å²) in [5.41, 5.74) is 2.23. The maximum atomic E-state index is 13.3. The summed E-state index contributed by atoms with van der Waals surface area (Å²) in [6.07, 6.45) is 1.20. The van der Waals surface area contributed by atoms with Gasteiger partial charge in [0, 0.05) is 12.0 Å². The van der Waals surface area contributed by atoms with Crippen LogP contribution in [0.3, 0.4) is 0 Å². The Morgan fingerprint density at radius 2 is 2.29 bits per heavy atom. The van der Waals surface area contributed by atoms with Crippen LogP contribution in [0.2, 0.25) is 0 Å². The van der Waals surface area contributed by atoms with Crippen molar-refractivity contribution in [2.45, 2.75) is 12.8 Å². The first-order valence-corrected chi connectivity index (χ1v) is 5.04. The molecule has 0 unspecified atom stereocenters. The van der Waals surface area contributed by atoms with Crippen molar-refractivity contribution >= 4 is 12.2 Å². The third-order valence-electron chi connectivity index (χ3n) is 2.06. The lowest BCUT2D eigenvalue weighted by Gasteiger charge is -2.06. The molecule has 0 aromatic heterocycles. The molecule has 5 nitrogen and oxygen atoms in total. The molecule has 0 aliphatic heterocycles. The van der Waals surface area contributed by atoms with Crippen molar-refractivity contribution in [2.75, 3.05) is 6.61 Å². The van der Waals surface area contributed by atoms with Gasteiger partial charge >= 0.3 is 0 Å². The Hall–Kier alpha value is -1.95. The van der Waals surface area contributed by atoms with E-state index in [1.54, 1.807) is 0 Å². The molecule has 0 radical (unpaired) electrons. The molecule has 1 rings (SSSR count). The minimum Gasteiger partial charge on any atom is -0.491 e. The predicted molar refractivity (Wildman–Crippen MR) is 58.8 cm³/mol. The predicted octanol–water partition coefficient (Wildman–Crippen LogP) is 0.787. The summed E-state index contributed by atoms with van der Waals surface area (Å²) >= 11 is 0. The van der Waals surface area contributed by atoms with E-state index in [1.807, 2.05) is 5.43 Å². The van der Waals surface area contributed by atoms with Gasteiger partial charge < -0.3 is 4.74 Å². The quantitative estimate of drug-likeness (QED) is 0.253. The zero-order chi connectivity index (χ0) is 12.7. The monoisotopic (exact) mass is 240 g/mol. The van der Waals surface area contributed by atoms with E-state index < -0.39 is 5.82 Å². The lowest BCUT2D eigenvalue weighted by molar-refractivity contribution is -0.121. The number of benzene rings is 1. The van der Waals surface area contributed by atoms with Crippen molar-refractivity contribution in [3.8, 4) is 5.75 Å². The molecule has 17 heavy (non-hydrogen) atoms. The van der Waals surface area contributed by atoms with E-state index in [1.165, 1.54) is 12.1 Å². The molecule has 3 N–H and O–H groups in total. The van der Waals surface area contributed by atoms with Crippen molar-refractivity contribution < 1.29 is 18.7 Å². The van der Waals surface area contributed by atoms with Gasteiger partial charge in [-0.1, -0.05) is 0 Å². The van der Waals surface area contributed by atoms with Crippen LogP contribution in [0.15, 0.2) is 18.2 Å². The van der Waals surface area contributed by atoms with E-state index in [2.05, 4.69) is 0 Å². The standard InChI is InChI=1S/C11H13FN2O3/c12-9-6-8(7-15)3-4-10(9)17-5-1-2-11(16)14-13/h3-4,6-7H,1-2,5,13H2,(H,14,16). The molecule has 0 spiro atoms. The summed E-state index contributed by atoms with van der Waals surface area (Å²) in [7, 11) is 0. The molecule has 0 saturated heterocycles. The van der Waals surface area contributed by atoms with E-state index in [0.29, 0.717) is 12.7 Å². The third kappa shape index (κ3) is 4.20. The number of carbonyl (C=O) groups is 2. The van der Waals surface area contributed by atoms with Gasteiger partial charge in [0.25, 0.3) is 0 Å². The fourth-order valence-electron chi connectivity index (χ4n) is 1.19. The Kier molecular flexibility index (Phi) is 5.09. The summed E-state index contributed by atoms with van der Waals surface area (Å²) in [6, 6.07) is 3.93. The average Bonchev–Trinajstić information content (AvgIpc) is 2.35. The van der Waals surface area contributed by atoms with Gasteiger partial charge in [0.15, 0.2) is 11.6 Å². The number of amides is 1. The zero-order valence-electron chi connectivity index (χ0n) is 9.11. The van der Waals surface area contributed by atoms with Gasteiger partial charge in [-0.2, -0.15) is 0 Å². The Labute approximate surface area is 97.7 Å². The van der Waals surface area contributed by atoms with Crippen molar-refractivity contribution in [3.05, 3.63) is 29.6 Å². The van der Waals surface area contributed by atoms with E-state index in [0.717, 1.165) is 6.07 Å². The van der Waals surface area contributed by atoms with E-state index >= 15 is 0 Å². The third-order valence-corrected chi connectivity index (χ3v) is 2.06. The normalized spacial score (nSPS) is 9.76. The minimum absolute atomic E-state index is 0.0590. The van der Waals surface area contributed by atoms with Crippen molar-refractivity contribution in [1.29, 1.82) is 0 Å². The van der Waals surface area contributed by atoms with Gasteiger partial charge in [0.05, 0.1) is 6.61 Å². The van der Waals surface area contributed by atoms with Crippen LogP contribution in [0.25, 0.3) is 0 Å². The summed E-state index contributed by atoms with van der Waals surface area (Å²) in [4.78, 5) is 21.1. The molecule has 1 aromatic carbocycles. The molecular weight excluding hydrogens is 227 g/mol. The first kappa shape index (κ1) is 13.1. The second-order valence-electron chi connectivity index (χ2n) is 3.33. The fraction of sp³-hybridized carbons (Fsp3) is 0.273. The molecule has 1 amide bonds. The maximum Gasteiger partial charge on any atom is 0.234 e. The maximum absolute atomic E-state index is 13.3. The molecule has 0 aliphatic rings. The van der Waals surface area contributed by atoms with Crippen molar-refractivity contribution in [1.82, 2.24) is 5.43 Å². The average molecular weight is 240 g/mol. The number of ether oxygens (including phenoxy) is 1. The van der Waals surface area contributed by atoms with Crippen LogP contribution in [0.1, 0.15) is 23.2 Å². The molecule has 0 atom stereocenters. The highest BCUT2D eigenvalue weighted by Crippen LogP contribution is 2.17. The lowest BCUT2D eigenvalue weighted by atomic mass is 10.2. The van der Waals surface area contributed by atoms with Crippen molar-refractivity contribution in [2.24, 2.45) is 5.84 Å². The molecule has 0 heterocycles. The molecular formula is C11H13FN2O3. The molecule has 0 saturated carbocycles. The number of hydrogen-bond donors (Lipinski definition) is 2. The van der Waals surface area contributed by atoms with Crippen LogP contribution < -0.4 is 16.0 Å². The zero-order valence-corrected chi connectivity index (χ0v) is 9.11. The minimum atomic E-state index is -0.599. The van der Waals surface area contributed by atoms with Crippen LogP contribution in [0.4, 0.5) is 4.39 Å². The number of halogens is 1. The molecule has 92 valence electrons. The first-order valence-electron chi connectivity index (χ1n) is 5.04. The van der Waals surface area contributed by atoms with Gasteiger partial charge in [-0.05, 0) is 24.6 Å². The van der Waals surface area contributed by atoms with Gasteiger partial charge in [-0.25, -0.2) is 10.2 Å². The van der Waals surface area contributed by atoms with Crippen LogP contribution in [-0.4, -0.2) is 18.8 Å². The van der Waals surface area contributed by atoms with Gasteiger partial charge in [0.1, 0.15) is 6.29 Å². The fourth-order valence-corrected chi connectivity index (χ4v) is 1.19. The van der Waals surface area contributed by atoms with Crippen LogP contribution in [-0.2, 0) is 4.79 Å². The number of carbonyl (C=O) groups excluding carboxylic acids is 2. The SMILES string of the molecule is NNC(=O)CCCOc1ccc(C=O)cc1F. The summed E-state index contributed by atoms with van der Waals surface area (Å²) in [6.45, 7) is 0.199. The van der Waals surface area contributed by atoms with E-state index in [4.69, 9.17) is 10.6 Å².